The molecule has 0 aromatic heterocycles. The molecule has 1 amide bonds. The molecule has 4 nitrogen and oxygen atoms in total. The van der Waals surface area contributed by atoms with Crippen LogP contribution >= 0.6 is 0 Å². The van der Waals surface area contributed by atoms with E-state index in [1.807, 2.05) is 12.1 Å². The lowest BCUT2D eigenvalue weighted by Crippen LogP contribution is -2.39. The van der Waals surface area contributed by atoms with Gasteiger partial charge >= 0.3 is 0 Å². The van der Waals surface area contributed by atoms with Crippen molar-refractivity contribution in [2.24, 2.45) is 5.92 Å². The van der Waals surface area contributed by atoms with Crippen LogP contribution in [0.15, 0.2) is 29.2 Å². The van der Waals surface area contributed by atoms with Crippen molar-refractivity contribution in [3.8, 4) is 0 Å². The first kappa shape index (κ1) is 16.0. The summed E-state index contributed by atoms with van der Waals surface area (Å²) in [5.41, 5.74) is 1.09. The molecule has 116 valence electrons. The van der Waals surface area contributed by atoms with Crippen LogP contribution in [0.1, 0.15) is 39.2 Å². The fourth-order valence-corrected chi connectivity index (χ4v) is 4.11. The molecule has 0 saturated carbocycles. The first-order chi connectivity index (χ1) is 9.70. The molecule has 2 rings (SSSR count). The van der Waals surface area contributed by atoms with Crippen molar-refractivity contribution in [3.05, 3.63) is 29.8 Å². The van der Waals surface area contributed by atoms with E-state index in [1.165, 1.54) is 0 Å². The molecule has 1 heterocycles. The molecule has 1 N–H and O–H groups in total. The van der Waals surface area contributed by atoms with Crippen molar-refractivity contribution in [1.82, 2.24) is 5.32 Å². The molecule has 0 spiro atoms. The number of hydrogen-bond donors (Lipinski definition) is 1. The zero-order valence-corrected chi connectivity index (χ0v) is 13.7. The van der Waals surface area contributed by atoms with Gasteiger partial charge in [0.2, 0.25) is 5.91 Å². The average Bonchev–Trinajstić information content (AvgIpc) is 2.40. The quantitative estimate of drug-likeness (QED) is 0.931. The van der Waals surface area contributed by atoms with E-state index in [9.17, 15) is 13.2 Å². The minimum atomic E-state index is -3.42. The number of sulfone groups is 1. The second-order valence-electron chi connectivity index (χ2n) is 6.69. The van der Waals surface area contributed by atoms with Crippen LogP contribution in [0.25, 0.3) is 0 Å². The lowest BCUT2D eigenvalue weighted by molar-refractivity contribution is -0.125. The van der Waals surface area contributed by atoms with Crippen molar-refractivity contribution in [2.45, 2.75) is 43.9 Å². The second-order valence-corrected chi connectivity index (χ2v) is 8.72. The smallest absolute Gasteiger partial charge is 0.224 e. The number of benzene rings is 1. The Morgan fingerprint density at radius 3 is 2.33 bits per heavy atom. The third-order valence-corrected chi connectivity index (χ3v) is 5.73. The molecule has 1 aliphatic heterocycles. The predicted octanol–water partition coefficient (Wildman–Crippen LogP) is 2.28. The van der Waals surface area contributed by atoms with Crippen molar-refractivity contribution in [1.29, 1.82) is 0 Å². The van der Waals surface area contributed by atoms with E-state index < -0.39 is 15.8 Å². The van der Waals surface area contributed by atoms with Gasteiger partial charge in [0.1, 0.15) is 0 Å². The first-order valence-corrected chi connectivity index (χ1v) is 8.96. The van der Waals surface area contributed by atoms with E-state index in [1.54, 1.807) is 12.1 Å². The van der Waals surface area contributed by atoms with E-state index in [-0.39, 0.29) is 17.1 Å². The largest absolute Gasteiger partial charge is 0.356 e. The van der Waals surface area contributed by atoms with Crippen LogP contribution in [0.5, 0.6) is 0 Å². The number of carbonyl (C=O) groups is 1. The SMILES string of the molecule is CC(C)(C)c1ccc(S(=O)(=O)C[C@H]2CCCNC2=O)cc1. The van der Waals surface area contributed by atoms with Crippen LogP contribution in [0.4, 0.5) is 0 Å². The molecule has 1 aromatic carbocycles. The highest BCUT2D eigenvalue weighted by molar-refractivity contribution is 7.91. The van der Waals surface area contributed by atoms with E-state index in [0.29, 0.717) is 17.9 Å². The zero-order chi connectivity index (χ0) is 15.7. The summed E-state index contributed by atoms with van der Waals surface area (Å²) in [6.45, 7) is 6.91. The summed E-state index contributed by atoms with van der Waals surface area (Å²) < 4.78 is 24.9. The fourth-order valence-electron chi connectivity index (χ4n) is 2.52. The van der Waals surface area contributed by atoms with Gasteiger partial charge < -0.3 is 5.32 Å². The molecular weight excluding hydrogens is 286 g/mol. The molecule has 0 unspecified atom stereocenters. The van der Waals surface area contributed by atoms with Crippen molar-refractivity contribution in [3.63, 3.8) is 0 Å². The second kappa shape index (κ2) is 5.79. The van der Waals surface area contributed by atoms with Gasteiger partial charge in [0.25, 0.3) is 0 Å². The third kappa shape index (κ3) is 3.84. The highest BCUT2D eigenvalue weighted by atomic mass is 32.2. The Morgan fingerprint density at radius 2 is 1.81 bits per heavy atom. The Balaban J connectivity index is 2.17. The monoisotopic (exact) mass is 309 g/mol. The maximum Gasteiger partial charge on any atom is 0.224 e. The zero-order valence-electron chi connectivity index (χ0n) is 12.8. The Hall–Kier alpha value is -1.36. The number of amides is 1. The summed E-state index contributed by atoms with van der Waals surface area (Å²) in [7, 11) is -3.42. The Morgan fingerprint density at radius 1 is 1.19 bits per heavy atom. The van der Waals surface area contributed by atoms with Gasteiger partial charge in [-0.1, -0.05) is 32.9 Å². The molecule has 1 aliphatic rings. The highest BCUT2D eigenvalue weighted by Crippen LogP contribution is 2.25. The van der Waals surface area contributed by atoms with E-state index in [2.05, 4.69) is 26.1 Å². The standard InChI is InChI=1S/C16H23NO3S/c1-16(2,3)13-6-8-14(9-7-13)21(19,20)11-12-5-4-10-17-15(12)18/h6-9,12H,4-5,10-11H2,1-3H3,(H,17,18)/t12-/m1/s1. The highest BCUT2D eigenvalue weighted by Gasteiger charge is 2.28. The minimum absolute atomic E-state index is 0.00839. The summed E-state index contributed by atoms with van der Waals surface area (Å²) in [5.74, 6) is -0.671. The average molecular weight is 309 g/mol. The fraction of sp³-hybridized carbons (Fsp3) is 0.562. The summed E-state index contributed by atoms with van der Waals surface area (Å²) in [4.78, 5) is 12.0. The lowest BCUT2D eigenvalue weighted by atomic mass is 9.87. The van der Waals surface area contributed by atoms with Gasteiger partial charge in [0.15, 0.2) is 9.84 Å². The van der Waals surface area contributed by atoms with Crippen LogP contribution in [-0.4, -0.2) is 26.6 Å². The van der Waals surface area contributed by atoms with Gasteiger partial charge in [-0.25, -0.2) is 8.42 Å². The van der Waals surface area contributed by atoms with Crippen molar-refractivity contribution < 1.29 is 13.2 Å². The molecule has 1 aromatic rings. The normalized spacial score (nSPS) is 20.1. The molecule has 5 heteroatoms. The summed E-state index contributed by atoms with van der Waals surface area (Å²) in [6, 6.07) is 7.01. The third-order valence-electron chi connectivity index (χ3n) is 3.90. The molecule has 1 fully saturated rings. The number of rotatable bonds is 3. The van der Waals surface area contributed by atoms with Crippen LogP contribution in [0, 0.1) is 5.92 Å². The van der Waals surface area contributed by atoms with Gasteiger partial charge in [0, 0.05) is 6.54 Å². The van der Waals surface area contributed by atoms with Crippen molar-refractivity contribution >= 4 is 15.7 Å². The number of piperidine rings is 1. The van der Waals surface area contributed by atoms with Crippen molar-refractivity contribution in [2.75, 3.05) is 12.3 Å². The minimum Gasteiger partial charge on any atom is -0.356 e. The molecule has 21 heavy (non-hydrogen) atoms. The van der Waals surface area contributed by atoms with E-state index in [0.717, 1.165) is 12.0 Å². The predicted molar refractivity (Wildman–Crippen MR) is 82.9 cm³/mol. The summed E-state index contributed by atoms with van der Waals surface area (Å²) >= 11 is 0. The van der Waals surface area contributed by atoms with Crippen LogP contribution < -0.4 is 5.32 Å². The van der Waals surface area contributed by atoms with Gasteiger partial charge in [-0.15, -0.1) is 0 Å². The van der Waals surface area contributed by atoms with Crippen LogP contribution in [-0.2, 0) is 20.0 Å². The number of carbonyl (C=O) groups excluding carboxylic acids is 1. The molecule has 0 bridgehead atoms. The molecule has 1 saturated heterocycles. The van der Waals surface area contributed by atoms with Gasteiger partial charge in [-0.05, 0) is 36.0 Å². The van der Waals surface area contributed by atoms with Gasteiger partial charge in [-0.3, -0.25) is 4.79 Å². The molecule has 0 radical (unpaired) electrons. The van der Waals surface area contributed by atoms with Crippen LogP contribution in [0.2, 0.25) is 0 Å². The van der Waals surface area contributed by atoms with E-state index >= 15 is 0 Å². The molecule has 0 aliphatic carbocycles. The number of nitrogens with one attached hydrogen (secondary N) is 1. The molecule has 1 atom stereocenters. The van der Waals surface area contributed by atoms with Gasteiger partial charge in [0.05, 0.1) is 16.6 Å². The maximum absolute atomic E-state index is 12.4. The first-order valence-electron chi connectivity index (χ1n) is 7.31. The molecular formula is C16H23NO3S. The Kier molecular flexibility index (Phi) is 4.42. The Labute approximate surface area is 126 Å². The maximum atomic E-state index is 12.4. The topological polar surface area (TPSA) is 63.2 Å². The lowest BCUT2D eigenvalue weighted by Gasteiger charge is -2.22. The summed E-state index contributed by atoms with van der Waals surface area (Å²) in [5, 5.41) is 2.73. The van der Waals surface area contributed by atoms with E-state index in [4.69, 9.17) is 0 Å². The summed E-state index contributed by atoms with van der Waals surface area (Å²) in [6.07, 6.45) is 1.49. The Bertz CT molecular complexity index is 612. The van der Waals surface area contributed by atoms with Crippen LogP contribution in [0.3, 0.4) is 0 Å². The number of hydrogen-bond acceptors (Lipinski definition) is 3. The van der Waals surface area contributed by atoms with Gasteiger partial charge in [-0.2, -0.15) is 0 Å².